The minimum atomic E-state index is 0.636. The molecule has 59 heavy (non-hydrogen) atoms. The molecule has 0 unspecified atom stereocenters. The van der Waals surface area contributed by atoms with Gasteiger partial charge in [-0.1, -0.05) is 140 Å². The first-order valence-electron chi connectivity index (χ1n) is 20.1. The van der Waals surface area contributed by atoms with Gasteiger partial charge in [0.15, 0.2) is 0 Å². The highest BCUT2D eigenvalue weighted by atomic mass is 15.2. The second-order valence-corrected chi connectivity index (χ2v) is 15.4. The summed E-state index contributed by atoms with van der Waals surface area (Å²) in [5.74, 6) is 0.636. The molecule has 0 aliphatic rings. The van der Waals surface area contributed by atoms with Crippen molar-refractivity contribution in [2.24, 2.45) is 0 Å². The third-order valence-electron chi connectivity index (χ3n) is 12.2. The lowest BCUT2D eigenvalue weighted by Crippen LogP contribution is -2.04. The van der Waals surface area contributed by atoms with Crippen LogP contribution in [0.4, 0.5) is 0 Å². The lowest BCUT2D eigenvalue weighted by Gasteiger charge is -2.14. The number of hydrogen-bond acceptors (Lipinski definition) is 2. The Morgan fingerprint density at radius 2 is 0.881 bits per heavy atom. The maximum atomic E-state index is 5.66. The van der Waals surface area contributed by atoms with E-state index in [1.54, 1.807) is 0 Å². The number of para-hydroxylation sites is 5. The van der Waals surface area contributed by atoms with E-state index in [9.17, 15) is 0 Å². The molecular weight excluding hydrogens is 719 g/mol. The van der Waals surface area contributed by atoms with Crippen molar-refractivity contribution >= 4 is 87.1 Å². The average Bonchev–Trinajstić information content (AvgIpc) is 3.95. The summed E-state index contributed by atoms with van der Waals surface area (Å²) >= 11 is 0. The molecule has 9 aromatic carbocycles. The van der Waals surface area contributed by atoms with Gasteiger partial charge in [-0.05, 0) is 71.4 Å². The van der Waals surface area contributed by atoms with E-state index in [-0.39, 0.29) is 0 Å². The van der Waals surface area contributed by atoms with Gasteiger partial charge in [0, 0.05) is 54.6 Å². The number of aromatic nitrogens is 5. The van der Waals surface area contributed by atoms with E-state index in [0.717, 1.165) is 61.0 Å². The molecule has 0 spiro atoms. The Bertz CT molecular complexity index is 3800. The smallest absolute Gasteiger partial charge is 0.235 e. The molecule has 0 amide bonds. The predicted octanol–water partition coefficient (Wildman–Crippen LogP) is 13.7. The summed E-state index contributed by atoms with van der Waals surface area (Å²) in [6.45, 7) is 0. The highest BCUT2D eigenvalue weighted by Crippen LogP contribution is 2.42. The molecule has 274 valence electrons. The molecule has 4 aromatic heterocycles. The topological polar surface area (TPSA) is 40.6 Å². The van der Waals surface area contributed by atoms with Crippen molar-refractivity contribution in [3.63, 3.8) is 0 Å². The number of nitrogens with zero attached hydrogens (tertiary/aromatic N) is 5. The molecule has 0 atom stereocenters. The SMILES string of the molecule is c1ccc(-n2c3ccccc3c3c(-c4nc(-n5c6cc(-n7c8ccccc8c8ccccc87)ccc6c6c7ccccc7ccc65)nc5ccccc45)cccc32)cc1. The molecule has 13 aromatic rings. The minimum absolute atomic E-state index is 0.636. The van der Waals surface area contributed by atoms with Gasteiger partial charge in [-0.15, -0.1) is 0 Å². The van der Waals surface area contributed by atoms with Crippen molar-refractivity contribution in [1.29, 1.82) is 0 Å². The summed E-state index contributed by atoms with van der Waals surface area (Å²) < 4.78 is 7.05. The monoisotopic (exact) mass is 751 g/mol. The van der Waals surface area contributed by atoms with E-state index in [1.165, 1.54) is 48.7 Å². The van der Waals surface area contributed by atoms with Crippen LogP contribution in [0.2, 0.25) is 0 Å². The predicted molar refractivity (Wildman–Crippen MR) is 245 cm³/mol. The summed E-state index contributed by atoms with van der Waals surface area (Å²) in [6.07, 6.45) is 0. The quantitative estimate of drug-likeness (QED) is 0.180. The molecule has 4 heterocycles. The maximum absolute atomic E-state index is 5.66. The maximum Gasteiger partial charge on any atom is 0.235 e. The van der Waals surface area contributed by atoms with Gasteiger partial charge in [0.2, 0.25) is 5.95 Å². The molecule has 0 bridgehead atoms. The molecule has 0 fully saturated rings. The zero-order valence-corrected chi connectivity index (χ0v) is 31.8. The van der Waals surface area contributed by atoms with Gasteiger partial charge in [-0.25, -0.2) is 9.97 Å². The first kappa shape index (κ1) is 32.1. The minimum Gasteiger partial charge on any atom is -0.309 e. The highest BCUT2D eigenvalue weighted by molar-refractivity contribution is 6.22. The Balaban J connectivity index is 1.14. The van der Waals surface area contributed by atoms with E-state index in [2.05, 4.69) is 214 Å². The largest absolute Gasteiger partial charge is 0.309 e. The van der Waals surface area contributed by atoms with Crippen LogP contribution in [-0.2, 0) is 0 Å². The Morgan fingerprint density at radius 3 is 1.66 bits per heavy atom. The van der Waals surface area contributed by atoms with Crippen LogP contribution in [0.3, 0.4) is 0 Å². The summed E-state index contributed by atoms with van der Waals surface area (Å²) in [5, 5.41) is 10.6. The van der Waals surface area contributed by atoms with E-state index in [0.29, 0.717) is 5.95 Å². The molecular formula is C54H33N5. The summed E-state index contributed by atoms with van der Waals surface area (Å²) in [5.41, 5.74) is 11.8. The molecule has 0 saturated carbocycles. The van der Waals surface area contributed by atoms with E-state index >= 15 is 0 Å². The van der Waals surface area contributed by atoms with Crippen LogP contribution < -0.4 is 0 Å². The van der Waals surface area contributed by atoms with Gasteiger partial charge in [0.1, 0.15) is 0 Å². The normalized spacial score (nSPS) is 12.1. The second-order valence-electron chi connectivity index (χ2n) is 15.4. The Kier molecular flexibility index (Phi) is 6.66. The van der Waals surface area contributed by atoms with Crippen molar-refractivity contribution in [2.75, 3.05) is 0 Å². The van der Waals surface area contributed by atoms with Crippen LogP contribution in [0.1, 0.15) is 0 Å². The fourth-order valence-corrected chi connectivity index (χ4v) is 9.77. The van der Waals surface area contributed by atoms with Gasteiger partial charge in [-0.3, -0.25) is 4.57 Å². The van der Waals surface area contributed by atoms with Crippen LogP contribution >= 0.6 is 0 Å². The molecule has 5 heteroatoms. The van der Waals surface area contributed by atoms with E-state index in [4.69, 9.17) is 9.97 Å². The van der Waals surface area contributed by atoms with Gasteiger partial charge in [0.05, 0.1) is 44.3 Å². The molecule has 0 saturated heterocycles. The van der Waals surface area contributed by atoms with Crippen molar-refractivity contribution in [1.82, 2.24) is 23.7 Å². The van der Waals surface area contributed by atoms with Crippen molar-refractivity contribution in [2.45, 2.75) is 0 Å². The fourth-order valence-electron chi connectivity index (χ4n) is 9.77. The second kappa shape index (κ2) is 12.2. The van der Waals surface area contributed by atoms with Crippen LogP contribution in [0.25, 0.3) is 116 Å². The number of hydrogen-bond donors (Lipinski definition) is 0. The third-order valence-corrected chi connectivity index (χ3v) is 12.2. The lowest BCUT2D eigenvalue weighted by atomic mass is 10.0. The molecule has 0 radical (unpaired) electrons. The van der Waals surface area contributed by atoms with E-state index in [1.807, 2.05) is 0 Å². The average molecular weight is 752 g/mol. The van der Waals surface area contributed by atoms with E-state index < -0.39 is 0 Å². The van der Waals surface area contributed by atoms with Gasteiger partial charge in [-0.2, -0.15) is 0 Å². The number of fused-ring (bicyclic) bond motifs is 12. The van der Waals surface area contributed by atoms with Crippen molar-refractivity contribution in [3.05, 3.63) is 200 Å². The fraction of sp³-hybridized carbons (Fsp3) is 0. The Hall–Kier alpha value is -8.02. The van der Waals surface area contributed by atoms with Gasteiger partial charge >= 0.3 is 0 Å². The van der Waals surface area contributed by atoms with Crippen molar-refractivity contribution in [3.8, 4) is 28.6 Å². The van der Waals surface area contributed by atoms with Crippen molar-refractivity contribution < 1.29 is 0 Å². The molecule has 5 nitrogen and oxygen atoms in total. The first-order chi connectivity index (χ1) is 29.3. The summed E-state index contributed by atoms with van der Waals surface area (Å²) in [7, 11) is 0. The molecule has 0 aliphatic carbocycles. The standard InChI is InChI=1S/C54H33N5/c1-2-16-35(17-3-1)57-47-27-13-9-22-41(47)52-43(23-14-28-48(52)57)53-40-21-6-10-24-44(40)55-54(56-53)59-49-32-29-34-15-4-5-18-37(34)51(49)42-31-30-36(33-50(42)59)58-45-25-11-7-19-38(45)39-20-8-12-26-46(39)58/h1-33H. The van der Waals surface area contributed by atoms with Crippen LogP contribution in [0.5, 0.6) is 0 Å². The van der Waals surface area contributed by atoms with Crippen LogP contribution in [-0.4, -0.2) is 23.7 Å². The van der Waals surface area contributed by atoms with Crippen LogP contribution in [0.15, 0.2) is 200 Å². The number of rotatable bonds is 4. The first-order valence-corrected chi connectivity index (χ1v) is 20.1. The van der Waals surface area contributed by atoms with Crippen LogP contribution in [0, 0.1) is 0 Å². The zero-order chi connectivity index (χ0) is 38.6. The van der Waals surface area contributed by atoms with Gasteiger partial charge in [0.25, 0.3) is 0 Å². The highest BCUT2D eigenvalue weighted by Gasteiger charge is 2.23. The molecule has 0 N–H and O–H groups in total. The zero-order valence-electron chi connectivity index (χ0n) is 31.8. The molecule has 0 aliphatic heterocycles. The molecule has 13 rings (SSSR count). The number of benzene rings is 9. The van der Waals surface area contributed by atoms with Gasteiger partial charge < -0.3 is 9.13 Å². The lowest BCUT2D eigenvalue weighted by molar-refractivity contribution is 1.01. The third kappa shape index (κ3) is 4.55. The summed E-state index contributed by atoms with van der Waals surface area (Å²) in [4.78, 5) is 11.1. The summed E-state index contributed by atoms with van der Waals surface area (Å²) in [6, 6.07) is 71.8. The Morgan fingerprint density at radius 1 is 0.305 bits per heavy atom. The Labute approximate surface area is 338 Å².